The first-order valence-corrected chi connectivity index (χ1v) is 7.16. The molecule has 0 aliphatic carbocycles. The second kappa shape index (κ2) is 5.85. The van der Waals surface area contributed by atoms with Gasteiger partial charge >= 0.3 is 0 Å². The average molecular weight is 316 g/mol. The minimum Gasteiger partial charge on any atom is -0.493 e. The van der Waals surface area contributed by atoms with Gasteiger partial charge in [0.25, 0.3) is 5.56 Å². The maximum Gasteiger partial charge on any atom is 0.258 e. The van der Waals surface area contributed by atoms with Crippen LogP contribution in [0, 0.1) is 5.82 Å². The molecule has 0 spiro atoms. The van der Waals surface area contributed by atoms with Crippen molar-refractivity contribution in [2.45, 2.75) is 13.0 Å². The number of rotatable bonds is 4. The third-order valence-electron chi connectivity index (χ3n) is 3.63. The molecule has 0 fully saturated rings. The highest BCUT2D eigenvalue weighted by Crippen LogP contribution is 2.21. The Balaban J connectivity index is 2.09. The third-order valence-corrected chi connectivity index (χ3v) is 3.63. The minimum atomic E-state index is -0.446. The maximum atomic E-state index is 13.8. The van der Waals surface area contributed by atoms with Crippen LogP contribution in [0.4, 0.5) is 4.39 Å². The topological polar surface area (TPSA) is 73.6 Å². The highest BCUT2D eigenvalue weighted by atomic mass is 19.1. The molecule has 1 aromatic carbocycles. The number of benzene rings is 1. The third kappa shape index (κ3) is 2.83. The molecule has 0 radical (unpaired) electrons. The quantitative estimate of drug-likeness (QED) is 0.765. The molecule has 7 heteroatoms. The van der Waals surface area contributed by atoms with Crippen LogP contribution >= 0.6 is 0 Å². The Morgan fingerprint density at radius 3 is 2.74 bits per heavy atom. The molecule has 2 heterocycles. The summed E-state index contributed by atoms with van der Waals surface area (Å²) in [6, 6.07) is 6.17. The zero-order valence-corrected chi connectivity index (χ0v) is 12.9. The molecule has 3 rings (SSSR count). The first-order chi connectivity index (χ1) is 11.0. The fraction of sp³-hybridized carbons (Fsp3) is 0.250. The molecule has 120 valence electrons. The smallest absolute Gasteiger partial charge is 0.258 e. The van der Waals surface area contributed by atoms with Crippen LogP contribution in [0.5, 0.6) is 5.88 Å². The molecular formula is C16H17FN4O2. The predicted molar refractivity (Wildman–Crippen MR) is 84.1 cm³/mol. The summed E-state index contributed by atoms with van der Waals surface area (Å²) in [4.78, 5) is 17.0. The number of fused-ring (bicyclic) bond motifs is 1. The van der Waals surface area contributed by atoms with Crippen molar-refractivity contribution in [1.82, 2.24) is 19.5 Å². The molecule has 3 aromatic rings. The van der Waals surface area contributed by atoms with Crippen molar-refractivity contribution in [3.63, 3.8) is 0 Å². The molecule has 0 saturated carbocycles. The lowest BCUT2D eigenvalue weighted by molar-refractivity contribution is 0.403. The highest BCUT2D eigenvalue weighted by molar-refractivity contribution is 5.50. The summed E-state index contributed by atoms with van der Waals surface area (Å²) in [6.07, 6.45) is 1.59. The van der Waals surface area contributed by atoms with Crippen molar-refractivity contribution in [2.75, 3.05) is 14.1 Å². The van der Waals surface area contributed by atoms with Crippen molar-refractivity contribution in [2.24, 2.45) is 0 Å². The van der Waals surface area contributed by atoms with Crippen molar-refractivity contribution in [3.05, 3.63) is 63.3 Å². The Morgan fingerprint density at radius 1 is 1.30 bits per heavy atom. The summed E-state index contributed by atoms with van der Waals surface area (Å²) < 4.78 is 15.1. The van der Waals surface area contributed by atoms with Crippen LogP contribution in [0.15, 0.2) is 35.3 Å². The number of aromatic hydroxyl groups is 1. The predicted octanol–water partition coefficient (Wildman–Crippen LogP) is 1.52. The zero-order chi connectivity index (χ0) is 16.6. The van der Waals surface area contributed by atoms with Gasteiger partial charge in [-0.3, -0.25) is 4.79 Å². The molecule has 0 aliphatic rings. The molecular weight excluding hydrogens is 299 g/mol. The fourth-order valence-electron chi connectivity index (χ4n) is 2.54. The van der Waals surface area contributed by atoms with Crippen LogP contribution in [0.2, 0.25) is 0 Å². The van der Waals surface area contributed by atoms with Crippen LogP contribution in [0.25, 0.3) is 5.65 Å². The first-order valence-electron chi connectivity index (χ1n) is 7.16. The molecule has 0 unspecified atom stereocenters. The summed E-state index contributed by atoms with van der Waals surface area (Å²) in [6.45, 7) is 0.575. The van der Waals surface area contributed by atoms with E-state index in [1.165, 1.54) is 10.6 Å². The number of H-pyrrole nitrogens is 1. The second-order valence-electron chi connectivity index (χ2n) is 5.69. The summed E-state index contributed by atoms with van der Waals surface area (Å²) in [7, 11) is 3.79. The van der Waals surface area contributed by atoms with Gasteiger partial charge in [-0.1, -0.05) is 18.2 Å². The summed E-state index contributed by atoms with van der Waals surface area (Å²) in [5.41, 5.74) is 1.22. The van der Waals surface area contributed by atoms with E-state index in [-0.39, 0.29) is 17.9 Å². The fourth-order valence-corrected chi connectivity index (χ4v) is 2.54. The lowest BCUT2D eigenvalue weighted by atomic mass is 10.1. The van der Waals surface area contributed by atoms with E-state index in [4.69, 9.17) is 0 Å². The Kier molecular flexibility index (Phi) is 3.87. The van der Waals surface area contributed by atoms with E-state index in [1.807, 2.05) is 19.0 Å². The largest absolute Gasteiger partial charge is 0.493 e. The Hall–Kier alpha value is -2.67. The second-order valence-corrected chi connectivity index (χ2v) is 5.69. The molecule has 2 N–H and O–H groups in total. The maximum absolute atomic E-state index is 13.8. The van der Waals surface area contributed by atoms with Crippen molar-refractivity contribution < 1.29 is 9.50 Å². The van der Waals surface area contributed by atoms with Gasteiger partial charge in [0, 0.05) is 18.5 Å². The van der Waals surface area contributed by atoms with Crippen LogP contribution in [0.3, 0.4) is 0 Å². The van der Waals surface area contributed by atoms with Crippen LogP contribution in [0.1, 0.15) is 16.7 Å². The van der Waals surface area contributed by atoms with Gasteiger partial charge in [-0.15, -0.1) is 0 Å². The molecule has 23 heavy (non-hydrogen) atoms. The van der Waals surface area contributed by atoms with Gasteiger partial charge in [0.05, 0.1) is 11.8 Å². The van der Waals surface area contributed by atoms with Gasteiger partial charge in [0.15, 0.2) is 0 Å². The lowest BCUT2D eigenvalue weighted by Crippen LogP contribution is -2.18. The van der Waals surface area contributed by atoms with Gasteiger partial charge in [0.2, 0.25) is 5.88 Å². The molecule has 0 atom stereocenters. The number of hydrogen-bond donors (Lipinski definition) is 2. The van der Waals surface area contributed by atoms with Crippen molar-refractivity contribution >= 4 is 5.65 Å². The Bertz CT molecular complexity index is 914. The van der Waals surface area contributed by atoms with E-state index in [0.29, 0.717) is 17.8 Å². The van der Waals surface area contributed by atoms with Crippen molar-refractivity contribution in [3.8, 4) is 5.88 Å². The highest BCUT2D eigenvalue weighted by Gasteiger charge is 2.17. The summed E-state index contributed by atoms with van der Waals surface area (Å²) >= 11 is 0. The molecule has 0 aliphatic heterocycles. The molecule has 0 amide bonds. The summed E-state index contributed by atoms with van der Waals surface area (Å²) in [5, 5.41) is 14.5. The number of aromatic nitrogens is 3. The average Bonchev–Trinajstić information content (AvgIpc) is 2.87. The van der Waals surface area contributed by atoms with E-state index >= 15 is 0 Å². The normalized spacial score (nSPS) is 11.5. The van der Waals surface area contributed by atoms with E-state index in [9.17, 15) is 14.3 Å². The molecule has 0 saturated heterocycles. The van der Waals surface area contributed by atoms with Gasteiger partial charge in [0.1, 0.15) is 11.5 Å². The van der Waals surface area contributed by atoms with E-state index in [0.717, 1.165) is 5.56 Å². The zero-order valence-electron chi connectivity index (χ0n) is 12.9. The number of hydrogen-bond acceptors (Lipinski definition) is 4. The van der Waals surface area contributed by atoms with E-state index in [1.54, 1.807) is 24.4 Å². The summed E-state index contributed by atoms with van der Waals surface area (Å²) in [5.74, 6) is -0.683. The number of aromatic amines is 1. The van der Waals surface area contributed by atoms with Crippen LogP contribution < -0.4 is 5.56 Å². The standard InChI is InChI=1S/C16H17FN4O2/c1-20(2)9-11-8-18-21-14(11)19-15(22)12(16(21)23)7-10-5-3-4-6-13(10)17/h3-6,8,23H,7,9H2,1-2H3,(H,19,22). The molecule has 2 aromatic heterocycles. The van der Waals surface area contributed by atoms with Crippen molar-refractivity contribution in [1.29, 1.82) is 0 Å². The monoisotopic (exact) mass is 316 g/mol. The SMILES string of the molecule is CN(C)Cc1cnn2c(O)c(Cc3ccccc3F)c(=O)[nH]c12. The van der Waals surface area contributed by atoms with Gasteiger partial charge < -0.3 is 15.0 Å². The molecule has 0 bridgehead atoms. The molecule has 6 nitrogen and oxygen atoms in total. The minimum absolute atomic E-state index is 0.00729. The Morgan fingerprint density at radius 2 is 2.04 bits per heavy atom. The number of nitrogens with zero attached hydrogens (tertiary/aromatic N) is 3. The van der Waals surface area contributed by atoms with Crippen LogP contribution in [-0.2, 0) is 13.0 Å². The van der Waals surface area contributed by atoms with E-state index in [2.05, 4.69) is 10.1 Å². The van der Waals surface area contributed by atoms with Gasteiger partial charge in [-0.25, -0.2) is 4.39 Å². The van der Waals surface area contributed by atoms with E-state index < -0.39 is 11.4 Å². The number of nitrogens with one attached hydrogen (secondary N) is 1. The number of halogens is 1. The van der Waals surface area contributed by atoms with Crippen LogP contribution in [-0.4, -0.2) is 38.7 Å². The Labute approximate surface area is 131 Å². The first kappa shape index (κ1) is 15.2. The van der Waals surface area contributed by atoms with Gasteiger partial charge in [-0.05, 0) is 25.7 Å². The lowest BCUT2D eigenvalue weighted by Gasteiger charge is -2.09. The van der Waals surface area contributed by atoms with Gasteiger partial charge in [-0.2, -0.15) is 9.61 Å².